The highest BCUT2D eigenvalue weighted by atomic mass is 16.6. The Morgan fingerprint density at radius 1 is 0.432 bits per heavy atom. The van der Waals surface area contributed by atoms with Gasteiger partial charge >= 0.3 is 77.7 Å². The normalized spacial score (nSPS) is 19.7. The van der Waals surface area contributed by atoms with E-state index in [1.165, 1.54) is 71.3 Å². The van der Waals surface area contributed by atoms with Crippen LogP contribution in [-0.2, 0) is 162 Å². The largest absolute Gasteiger partial charge is 0.466 e. The summed E-state index contributed by atoms with van der Waals surface area (Å²) in [6, 6.07) is -3.72. The Balaban J connectivity index is 0.000000712. The zero-order valence-electron chi connectivity index (χ0n) is 67.4. The molecule has 0 aromatic heterocycles. The SMILES string of the molecule is C=C1CC(=O)C(OC(=O)/C=C/C(=O)OC)N1.COC(=O)/C=C/C(=O)OCC1C(=O)NC(C)C(=O)N1C.COC(=O)/C=C/C(=O)OCC1NC(=O)CCC1=O.COC(=O)/C=C/C(=O)OCCC1C(=O)CCCN1C(=O)OC(C)(C)C.COC(=O)/C=C/C(=O)OCCC1C(=O)CCCN1C(C)=O.COC(=O)/C=C/C(=O)OCCC1NCCCC1=O. The Hall–Kier alpha value is -12.9. The van der Waals surface area contributed by atoms with Crippen LogP contribution >= 0.6 is 0 Å². The molecule has 7 atom stereocenters. The monoisotopic (exact) mass is 1670 g/mol. The maximum absolute atomic E-state index is 12.3. The molecule has 0 saturated carbocycles. The lowest BCUT2D eigenvalue weighted by atomic mass is 9.98. The first-order valence-corrected chi connectivity index (χ1v) is 36.2. The van der Waals surface area contributed by atoms with Gasteiger partial charge in [-0.3, -0.25) is 48.1 Å². The summed E-state index contributed by atoms with van der Waals surface area (Å²) in [6.45, 7) is 13.1. The Kier molecular flexibility index (Phi) is 48.5. The zero-order chi connectivity index (χ0) is 89.2. The number of carbonyl (C=O) groups is 22. The zero-order valence-corrected chi connectivity index (χ0v) is 67.4. The molecule has 0 radical (unpaired) electrons. The van der Waals surface area contributed by atoms with Gasteiger partial charge in [-0.15, -0.1) is 0 Å². The predicted molar refractivity (Wildman–Crippen MR) is 400 cm³/mol. The number of nitrogens with one attached hydrogen (secondary N) is 4. The van der Waals surface area contributed by atoms with Crippen molar-refractivity contribution in [3.05, 3.63) is 85.2 Å². The molecule has 6 aliphatic rings. The van der Waals surface area contributed by atoms with E-state index in [9.17, 15) is 105 Å². The Labute approximate surface area is 678 Å². The van der Waals surface area contributed by atoms with Gasteiger partial charge in [0.05, 0.1) is 87.0 Å². The maximum Gasteiger partial charge on any atom is 0.410 e. The third-order valence-electron chi connectivity index (χ3n) is 16.0. The van der Waals surface area contributed by atoms with Gasteiger partial charge in [-0.2, -0.15) is 0 Å². The molecule has 0 bridgehead atoms. The second kappa shape index (κ2) is 55.6. The summed E-state index contributed by atoms with van der Waals surface area (Å²) in [4.78, 5) is 252. The number of ketones is 5. The first-order chi connectivity index (χ1) is 55.6. The number of carbonyl (C=O) groups excluding carboxylic acids is 22. The van der Waals surface area contributed by atoms with Crippen molar-refractivity contribution >= 4 is 130 Å². The molecule has 5 amide bonds. The van der Waals surface area contributed by atoms with Gasteiger partial charge in [0.1, 0.15) is 42.7 Å². The number of methoxy groups -OCH3 is 6. The summed E-state index contributed by atoms with van der Waals surface area (Å²) in [6.07, 6.45) is 14.4. The van der Waals surface area contributed by atoms with Gasteiger partial charge < -0.3 is 92.6 Å². The third kappa shape index (κ3) is 43.0. The van der Waals surface area contributed by atoms with Gasteiger partial charge in [0, 0.05) is 157 Å². The lowest BCUT2D eigenvalue weighted by molar-refractivity contribution is -0.153. The van der Waals surface area contributed by atoms with E-state index < -0.39 is 126 Å². The number of Topliss-reactive ketones (excluding diaryl/α,β-unsaturated/α-hetero) is 5. The van der Waals surface area contributed by atoms with Crippen LogP contribution in [0.5, 0.6) is 0 Å². The van der Waals surface area contributed by atoms with Crippen molar-refractivity contribution in [2.24, 2.45) is 0 Å². The fourth-order valence-corrected chi connectivity index (χ4v) is 10.0. The molecule has 4 N–H and O–H groups in total. The molecule has 650 valence electrons. The van der Waals surface area contributed by atoms with Gasteiger partial charge in [0.2, 0.25) is 29.9 Å². The fraction of sp³-hybridized carbons (Fsp3) is 0.526. The van der Waals surface area contributed by atoms with Crippen LogP contribution in [0.15, 0.2) is 85.2 Å². The highest BCUT2D eigenvalue weighted by molar-refractivity contribution is 6.00. The molecule has 0 aromatic carbocycles. The molecule has 0 spiro atoms. The molecule has 42 nitrogen and oxygen atoms in total. The standard InChI is InChI=1S/C17H25NO7.C14H19NO6.C12H16N2O6.C12H17NO5.C11H13NO6.C10H11NO5/c1-17(2,3)25-16(22)18-10-5-6-13(19)12(18)9-11-24-15(21)8-7-14(20)23-4;1-10(16)15-8-3-4-12(17)11(15)7-9-21-14(19)6-5-13(18)20-2;1-7-12(18)14(2)8(11(17)13-7)6-20-10(16)5-4-9(15)19-3;1-17-11(15)4-5-12(16)18-8-6-9-10(14)3-2-7-13-9;1-17-10(15)4-5-11(16)18-6-7-8(13)2-3-9(14)12-7;1-6-5-7(12)10(11-6)16-9(14)4-3-8(13)15-2/h7-8,12H,5-6,9-11H2,1-4H3;5-6,11H,3-4,7-9H2,1-2H3;4-5,7-8H,6H2,1-3H3,(H,13,17);4-5,9,13H,2-3,6-8H2,1H3;4-5,7H,2-3,6H2,1H3,(H,12,14);3-4,10-11H,1,5H2,2H3/b8-7+;6-5+;3*5-4+;4-3+. The minimum atomic E-state index is -1.01. The van der Waals surface area contributed by atoms with Crippen LogP contribution in [0.3, 0.4) is 0 Å². The molecule has 0 aromatic rings. The second-order valence-corrected chi connectivity index (χ2v) is 25.9. The Bertz CT molecular complexity index is 3830. The Morgan fingerprint density at radius 2 is 0.814 bits per heavy atom. The summed E-state index contributed by atoms with van der Waals surface area (Å²) >= 11 is 0. The number of hydrogen-bond acceptors (Lipinski definition) is 37. The van der Waals surface area contributed by atoms with Crippen LogP contribution in [0.4, 0.5) is 4.79 Å². The minimum absolute atomic E-state index is 0.00450. The second-order valence-electron chi connectivity index (χ2n) is 25.9. The molecule has 6 fully saturated rings. The highest BCUT2D eigenvalue weighted by Gasteiger charge is 2.39. The van der Waals surface area contributed by atoms with Crippen molar-refractivity contribution in [3.63, 3.8) is 0 Å². The number of piperidine rings is 4. The molecule has 6 aliphatic heterocycles. The van der Waals surface area contributed by atoms with Gasteiger partial charge in [-0.25, -0.2) is 62.3 Å². The number of likely N-dealkylation sites (tertiary alicyclic amines) is 2. The van der Waals surface area contributed by atoms with E-state index >= 15 is 0 Å². The molecular formula is C76H101N7O35. The summed E-state index contributed by atoms with van der Waals surface area (Å²) in [7, 11) is 8.60. The molecular weight excluding hydrogens is 1570 g/mol. The van der Waals surface area contributed by atoms with E-state index in [2.05, 4.69) is 56.3 Å². The van der Waals surface area contributed by atoms with E-state index in [1.54, 1.807) is 27.7 Å². The quantitative estimate of drug-likeness (QED) is 0.0467. The smallest absolute Gasteiger partial charge is 0.410 e. The number of likely N-dealkylation sites (N-methyl/N-ethyl adjacent to an activating group) is 1. The molecule has 7 unspecified atom stereocenters. The van der Waals surface area contributed by atoms with Gasteiger partial charge in [-0.1, -0.05) is 6.58 Å². The third-order valence-corrected chi connectivity index (χ3v) is 16.0. The van der Waals surface area contributed by atoms with Crippen molar-refractivity contribution in [2.75, 3.05) is 102 Å². The maximum atomic E-state index is 12.3. The van der Waals surface area contributed by atoms with Crippen LogP contribution < -0.4 is 21.3 Å². The molecule has 42 heteroatoms. The number of ether oxygens (including phenoxy) is 13. The number of hydrogen-bond donors (Lipinski definition) is 4. The average Bonchev–Trinajstić information content (AvgIpc) is 1.06. The number of nitrogens with zero attached hydrogens (tertiary/aromatic N) is 3. The van der Waals surface area contributed by atoms with E-state index in [-0.39, 0.29) is 118 Å². The fourth-order valence-electron chi connectivity index (χ4n) is 10.0. The number of rotatable bonds is 26. The molecule has 6 heterocycles. The number of amides is 5. The predicted octanol–water partition coefficient (Wildman–Crippen LogP) is -0.812. The van der Waals surface area contributed by atoms with E-state index in [4.69, 9.17) is 33.2 Å². The van der Waals surface area contributed by atoms with Crippen molar-refractivity contribution in [2.45, 2.75) is 160 Å². The minimum Gasteiger partial charge on any atom is -0.466 e. The summed E-state index contributed by atoms with van der Waals surface area (Å²) < 4.78 is 60.2. The van der Waals surface area contributed by atoms with Crippen LogP contribution in [0, 0.1) is 0 Å². The van der Waals surface area contributed by atoms with Crippen molar-refractivity contribution < 1.29 is 167 Å². The summed E-state index contributed by atoms with van der Waals surface area (Å²) in [5.74, 6) is -9.91. The molecule has 0 aliphatic carbocycles. The van der Waals surface area contributed by atoms with E-state index in [1.807, 2.05) is 0 Å². The van der Waals surface area contributed by atoms with E-state index in [0.29, 0.717) is 57.3 Å². The van der Waals surface area contributed by atoms with Gasteiger partial charge in [0.15, 0.2) is 23.1 Å². The molecule has 118 heavy (non-hydrogen) atoms. The molecule has 6 rings (SSSR count). The molecule has 6 saturated heterocycles. The van der Waals surface area contributed by atoms with Crippen molar-refractivity contribution in [1.29, 1.82) is 0 Å². The lowest BCUT2D eigenvalue weighted by Gasteiger charge is -2.35. The number of allylic oxidation sites excluding steroid dienone is 1. The lowest BCUT2D eigenvalue weighted by Crippen LogP contribution is -2.62. The summed E-state index contributed by atoms with van der Waals surface area (Å²) in [5.41, 5.74) is -0.160. The first-order valence-electron chi connectivity index (χ1n) is 36.2. The van der Waals surface area contributed by atoms with E-state index in [0.717, 1.165) is 85.9 Å². The van der Waals surface area contributed by atoms with Crippen LogP contribution in [0.2, 0.25) is 0 Å². The van der Waals surface area contributed by atoms with Gasteiger partial charge in [-0.05, 0) is 53.5 Å². The number of esters is 12. The van der Waals surface area contributed by atoms with Gasteiger partial charge in [0.25, 0.3) is 0 Å². The van der Waals surface area contributed by atoms with Crippen molar-refractivity contribution in [1.82, 2.24) is 36.0 Å². The Morgan fingerprint density at radius 3 is 1.22 bits per heavy atom. The highest BCUT2D eigenvalue weighted by Crippen LogP contribution is 2.22. The van der Waals surface area contributed by atoms with Crippen LogP contribution in [-0.4, -0.2) is 295 Å². The first kappa shape index (κ1) is 103. The van der Waals surface area contributed by atoms with Crippen LogP contribution in [0.1, 0.15) is 112 Å². The topological polar surface area (TPSA) is 553 Å². The summed E-state index contributed by atoms with van der Waals surface area (Å²) in [5, 5.41) is 10.6. The van der Waals surface area contributed by atoms with Crippen LogP contribution in [0.25, 0.3) is 0 Å². The number of piperazine rings is 1. The van der Waals surface area contributed by atoms with Crippen molar-refractivity contribution in [3.8, 4) is 0 Å². The average molecular weight is 1670 g/mol.